The molecular weight excluding hydrogens is 913 g/mol. The number of phenolic OH excluding ortho intramolecular Hbond substituents is 1. The summed E-state index contributed by atoms with van der Waals surface area (Å²) in [7, 11) is 0. The number of nitrogens with zero attached hydrogens (tertiary/aromatic N) is 8. The first kappa shape index (κ1) is 49.1. The summed E-state index contributed by atoms with van der Waals surface area (Å²) < 4.78 is 9.31. The van der Waals surface area contributed by atoms with Crippen molar-refractivity contribution in [3.05, 3.63) is 180 Å². The van der Waals surface area contributed by atoms with Gasteiger partial charge in [-0.15, -0.1) is 0 Å². The molecule has 7 N–H and O–H groups in total. The maximum Gasteiger partial charge on any atom is 0.255 e. The lowest BCUT2D eigenvalue weighted by Crippen LogP contribution is -2.50. The topological polar surface area (TPSA) is 271 Å². The van der Waals surface area contributed by atoms with Crippen molar-refractivity contribution in [2.75, 3.05) is 0 Å². The normalized spacial score (nSPS) is 15.2. The van der Waals surface area contributed by atoms with E-state index in [-0.39, 0.29) is 31.9 Å². The molecule has 6 heterocycles. The highest BCUT2D eigenvalue weighted by Gasteiger charge is 2.38. The fourth-order valence-electron chi connectivity index (χ4n) is 8.07. The van der Waals surface area contributed by atoms with E-state index in [1.54, 1.807) is 92.1 Å². The van der Waals surface area contributed by atoms with Crippen LogP contribution in [0.15, 0.2) is 140 Å². The van der Waals surface area contributed by atoms with Gasteiger partial charge >= 0.3 is 0 Å². The van der Waals surface area contributed by atoms with Crippen molar-refractivity contribution in [3.8, 4) is 22.9 Å². The molecule has 0 saturated heterocycles. The summed E-state index contributed by atoms with van der Waals surface area (Å²) in [6.07, 6.45) is 2.30. The molecule has 20 heteroatoms. The molecule has 2 aliphatic heterocycles. The molecule has 0 fully saturated rings. The van der Waals surface area contributed by atoms with Crippen molar-refractivity contribution in [3.63, 3.8) is 0 Å². The summed E-state index contributed by atoms with van der Waals surface area (Å²) in [5.74, 6) is -2.72. The zero-order valence-electron chi connectivity index (χ0n) is 38.6. The number of aliphatic hydroxyl groups is 4. The van der Waals surface area contributed by atoms with Gasteiger partial charge in [0.15, 0.2) is 24.4 Å². The van der Waals surface area contributed by atoms with Crippen LogP contribution in [-0.2, 0) is 52.0 Å². The molecule has 0 bridgehead atoms. The molecule has 4 aromatic heterocycles. The van der Waals surface area contributed by atoms with Crippen LogP contribution in [0.4, 0.5) is 0 Å². The Bertz CT molecular complexity index is 2920. The predicted octanol–water partition coefficient (Wildman–Crippen LogP) is 2.70. The molecule has 366 valence electrons. The summed E-state index contributed by atoms with van der Waals surface area (Å²) in [5, 5.41) is 65.4. The fraction of sp³-hybridized carbons (Fsp3) is 0.255. The van der Waals surface area contributed by atoms with Crippen molar-refractivity contribution in [2.24, 2.45) is 0 Å². The number of aromatic nitrogens is 6. The lowest BCUT2D eigenvalue weighted by molar-refractivity contribution is -0.153. The Labute approximate surface area is 407 Å². The molecule has 71 heavy (non-hydrogen) atoms. The Morgan fingerprint density at radius 2 is 1.07 bits per heavy atom. The molecule has 2 aliphatic rings. The molecule has 0 saturated carbocycles. The zero-order chi connectivity index (χ0) is 50.2. The first-order valence-electron chi connectivity index (χ1n) is 22.7. The summed E-state index contributed by atoms with van der Waals surface area (Å²) >= 11 is 0. The van der Waals surface area contributed by atoms with Gasteiger partial charge in [-0.2, -0.15) is 10.2 Å². The van der Waals surface area contributed by atoms with Crippen LogP contribution >= 0.6 is 0 Å². The molecule has 4 amide bonds. The third-order valence-electron chi connectivity index (χ3n) is 12.1. The Morgan fingerprint density at radius 1 is 0.577 bits per heavy atom. The van der Waals surface area contributed by atoms with Crippen LogP contribution in [0.2, 0.25) is 0 Å². The molecule has 0 radical (unpaired) electrons. The number of rotatable bonds is 15. The van der Waals surface area contributed by atoms with E-state index in [4.69, 9.17) is 4.74 Å². The second-order valence-electron chi connectivity index (χ2n) is 17.0. The van der Waals surface area contributed by atoms with Crippen LogP contribution in [0.25, 0.3) is 11.4 Å². The summed E-state index contributed by atoms with van der Waals surface area (Å²) in [6, 6.07) is 29.6. The maximum atomic E-state index is 12.8. The first-order chi connectivity index (χ1) is 34.2. The SMILES string of the molecule is C[C@@H](NC(=O)[C@H](O)[C@@H](O)C(=O)N1Cc2cccnc2C1)c1ccc(-n2cccn2)c(O)c1.C[C@@H](NC(=O)[C@H](O)[C@@H](O)C(=O)N1Cc2cccnc2C1)c1ccc(-n2cccn2)c(OCc2ccccc2)c1. The molecule has 7 aromatic rings. The van der Waals surface area contributed by atoms with E-state index in [1.807, 2.05) is 60.7 Å². The van der Waals surface area contributed by atoms with E-state index in [2.05, 4.69) is 30.8 Å². The minimum atomic E-state index is -1.95. The number of hydrogen-bond donors (Lipinski definition) is 7. The fourth-order valence-corrected chi connectivity index (χ4v) is 8.07. The van der Waals surface area contributed by atoms with Gasteiger partial charge in [0.1, 0.15) is 29.5 Å². The lowest BCUT2D eigenvalue weighted by atomic mass is 10.1. The minimum absolute atomic E-state index is 0.0368. The van der Waals surface area contributed by atoms with Gasteiger partial charge in [-0.05, 0) is 90.2 Å². The summed E-state index contributed by atoms with van der Waals surface area (Å²) in [6.45, 7) is 4.67. The molecule has 0 spiro atoms. The van der Waals surface area contributed by atoms with Crippen molar-refractivity contribution < 1.29 is 49.4 Å². The number of aromatic hydroxyl groups is 1. The smallest absolute Gasteiger partial charge is 0.255 e. The average molecular weight is 965 g/mol. The highest BCUT2D eigenvalue weighted by atomic mass is 16.5. The molecule has 20 nitrogen and oxygen atoms in total. The number of carbonyl (C=O) groups excluding carboxylic acids is 4. The third kappa shape index (κ3) is 11.4. The van der Waals surface area contributed by atoms with Crippen LogP contribution in [0.3, 0.4) is 0 Å². The Balaban J connectivity index is 0.000000194. The van der Waals surface area contributed by atoms with Gasteiger partial charge in [0.25, 0.3) is 23.6 Å². The largest absolute Gasteiger partial charge is 0.506 e. The van der Waals surface area contributed by atoms with Crippen LogP contribution < -0.4 is 15.4 Å². The van der Waals surface area contributed by atoms with E-state index in [0.29, 0.717) is 29.2 Å². The van der Waals surface area contributed by atoms with E-state index in [9.17, 15) is 44.7 Å². The number of amides is 4. The quantitative estimate of drug-likeness (QED) is 0.0779. The number of phenols is 1. The number of benzene rings is 3. The number of carbonyl (C=O) groups is 4. The number of nitrogens with one attached hydrogen (secondary N) is 2. The Kier molecular flexibility index (Phi) is 15.2. The molecule has 0 unspecified atom stereocenters. The predicted molar refractivity (Wildman–Crippen MR) is 254 cm³/mol. The van der Waals surface area contributed by atoms with Crippen molar-refractivity contribution in [1.82, 2.24) is 50.0 Å². The zero-order valence-corrected chi connectivity index (χ0v) is 38.6. The summed E-state index contributed by atoms with van der Waals surface area (Å²) in [4.78, 5) is 61.8. The van der Waals surface area contributed by atoms with Crippen LogP contribution in [-0.4, -0.2) is 113 Å². The first-order valence-corrected chi connectivity index (χ1v) is 22.7. The van der Waals surface area contributed by atoms with Crippen LogP contribution in [0.5, 0.6) is 11.5 Å². The van der Waals surface area contributed by atoms with Crippen molar-refractivity contribution >= 4 is 23.6 Å². The lowest BCUT2D eigenvalue weighted by Gasteiger charge is -2.24. The van der Waals surface area contributed by atoms with Gasteiger partial charge in [0, 0.05) is 50.3 Å². The van der Waals surface area contributed by atoms with Crippen LogP contribution in [0, 0.1) is 0 Å². The molecule has 6 atom stereocenters. The second kappa shape index (κ2) is 22.0. The number of pyridine rings is 2. The van der Waals surface area contributed by atoms with Gasteiger partial charge in [0.05, 0.1) is 36.6 Å². The van der Waals surface area contributed by atoms with E-state index in [0.717, 1.165) is 33.8 Å². The van der Waals surface area contributed by atoms with Crippen molar-refractivity contribution in [2.45, 2.75) is 83.1 Å². The number of hydrogen-bond acceptors (Lipinski definition) is 14. The number of fused-ring (bicyclic) bond motifs is 2. The van der Waals surface area contributed by atoms with Gasteiger partial charge in [-0.1, -0.05) is 54.6 Å². The molecule has 0 aliphatic carbocycles. The maximum absolute atomic E-state index is 12.8. The monoisotopic (exact) mass is 964 g/mol. The van der Waals surface area contributed by atoms with Gasteiger partial charge in [0.2, 0.25) is 0 Å². The van der Waals surface area contributed by atoms with Crippen LogP contribution in [0.1, 0.15) is 65.1 Å². The average Bonchev–Trinajstić information content (AvgIpc) is 4.25. The molecule has 3 aromatic carbocycles. The van der Waals surface area contributed by atoms with Gasteiger partial charge in [-0.3, -0.25) is 29.1 Å². The second-order valence-corrected chi connectivity index (χ2v) is 17.0. The molecule has 9 rings (SSSR count). The highest BCUT2D eigenvalue weighted by molar-refractivity contribution is 5.92. The van der Waals surface area contributed by atoms with E-state index < -0.39 is 60.1 Å². The number of aliphatic hydroxyl groups excluding tert-OH is 4. The van der Waals surface area contributed by atoms with Gasteiger partial charge in [-0.25, -0.2) is 9.36 Å². The third-order valence-corrected chi connectivity index (χ3v) is 12.1. The standard InChI is InChI=1S/C29H29N5O5.C22H23N5O5/c1-19(32-28(37)26(35)27(36)29(38)33-16-22-9-5-12-30-23(22)17-33)21-10-11-24(34-14-6-13-31-34)25(15-21)39-18-20-7-3-2-4-8-20;1-13(14-5-6-17(18(28)10-14)27-9-3-8-24-27)25-21(31)19(29)20(30)22(32)26-11-15-4-2-7-23-16(15)12-26/h2-15,19,26-27,35-36H,16-18H2,1H3,(H,32,37);2-10,13,19-20,28-30H,11-12H2,1H3,(H,25,31)/t19-,26-,27-;13-,19-,20-/m11/s1. The minimum Gasteiger partial charge on any atom is -0.506 e. The summed E-state index contributed by atoms with van der Waals surface area (Å²) in [5.41, 5.74) is 6.65. The van der Waals surface area contributed by atoms with E-state index in [1.165, 1.54) is 20.5 Å². The van der Waals surface area contributed by atoms with E-state index >= 15 is 0 Å². The van der Waals surface area contributed by atoms with Crippen molar-refractivity contribution in [1.29, 1.82) is 0 Å². The highest BCUT2D eigenvalue weighted by Crippen LogP contribution is 2.29. The Morgan fingerprint density at radius 3 is 1.55 bits per heavy atom. The molecular formula is C51H52N10O10. The number of ether oxygens (including phenoxy) is 1. The van der Waals surface area contributed by atoms with Gasteiger partial charge < -0.3 is 50.7 Å². The Hall–Kier alpha value is -8.30.